The first-order valence-corrected chi connectivity index (χ1v) is 8.20. The van der Waals surface area contributed by atoms with Crippen molar-refractivity contribution >= 4 is 23.2 Å². The summed E-state index contributed by atoms with van der Waals surface area (Å²) in [6, 6.07) is 7.30. The molecule has 0 aromatic heterocycles. The highest BCUT2D eigenvalue weighted by Crippen LogP contribution is 2.23. The monoisotopic (exact) mass is 331 g/mol. The molecule has 0 saturated carbocycles. The third kappa shape index (κ3) is 4.74. The summed E-state index contributed by atoms with van der Waals surface area (Å²) in [6.07, 6.45) is 2.86. The van der Waals surface area contributed by atoms with Crippen LogP contribution in [0, 0.1) is 30.1 Å². The minimum atomic E-state index is -0.399. The molecule has 1 aromatic rings. The molecule has 0 radical (unpaired) electrons. The summed E-state index contributed by atoms with van der Waals surface area (Å²) in [6.45, 7) is 8.02. The third-order valence-corrected chi connectivity index (χ3v) is 4.26. The number of amides is 1. The van der Waals surface area contributed by atoms with E-state index in [0.717, 1.165) is 18.7 Å². The normalized spacial score (nSPS) is 21.7. The van der Waals surface area contributed by atoms with Crippen molar-refractivity contribution in [1.82, 2.24) is 4.90 Å². The van der Waals surface area contributed by atoms with Gasteiger partial charge in [0.2, 0.25) is 0 Å². The molecule has 1 heterocycles. The Morgan fingerprint density at radius 1 is 1.39 bits per heavy atom. The van der Waals surface area contributed by atoms with Crippen molar-refractivity contribution < 1.29 is 4.79 Å². The number of aryl methyl sites for hydroxylation is 1. The summed E-state index contributed by atoms with van der Waals surface area (Å²) in [5, 5.41) is 12.7. The summed E-state index contributed by atoms with van der Waals surface area (Å²) in [5.74, 6) is 0.727. The molecule has 0 aliphatic carbocycles. The lowest BCUT2D eigenvalue weighted by atomic mass is 9.92. The van der Waals surface area contributed by atoms with Crippen LogP contribution < -0.4 is 5.32 Å². The Morgan fingerprint density at radius 3 is 2.65 bits per heavy atom. The fourth-order valence-electron chi connectivity index (χ4n) is 3.06. The van der Waals surface area contributed by atoms with Gasteiger partial charge in [0, 0.05) is 30.0 Å². The SMILES string of the molecule is Cc1ccc(Cl)cc1NC(=O)/C(C#N)=C\N1CC(C)CC(C)C1. The Kier molecular flexibility index (Phi) is 5.68. The topological polar surface area (TPSA) is 56.1 Å². The van der Waals surface area contributed by atoms with Crippen molar-refractivity contribution in [3.8, 4) is 6.07 Å². The second-order valence-electron chi connectivity index (χ2n) is 6.47. The minimum Gasteiger partial charge on any atom is -0.376 e. The van der Waals surface area contributed by atoms with Crippen LogP contribution in [0.4, 0.5) is 5.69 Å². The summed E-state index contributed by atoms with van der Waals surface area (Å²) in [7, 11) is 0. The lowest BCUT2D eigenvalue weighted by molar-refractivity contribution is -0.112. The number of nitrogens with zero attached hydrogens (tertiary/aromatic N) is 2. The van der Waals surface area contributed by atoms with E-state index in [4.69, 9.17) is 11.6 Å². The van der Waals surface area contributed by atoms with E-state index in [9.17, 15) is 10.1 Å². The first-order valence-electron chi connectivity index (χ1n) is 7.82. The van der Waals surface area contributed by atoms with Gasteiger partial charge in [0.05, 0.1) is 0 Å². The first-order chi connectivity index (χ1) is 10.9. The Bertz CT molecular complexity index is 653. The van der Waals surface area contributed by atoms with E-state index in [1.807, 2.05) is 19.1 Å². The smallest absolute Gasteiger partial charge is 0.267 e. The maximum atomic E-state index is 12.4. The predicted molar refractivity (Wildman–Crippen MR) is 93.0 cm³/mol. The number of benzene rings is 1. The number of rotatable bonds is 3. The molecule has 1 N–H and O–H groups in total. The zero-order valence-corrected chi connectivity index (χ0v) is 14.5. The molecule has 23 heavy (non-hydrogen) atoms. The van der Waals surface area contributed by atoms with Crippen LogP contribution in [0.15, 0.2) is 30.0 Å². The van der Waals surface area contributed by atoms with Gasteiger partial charge in [-0.3, -0.25) is 4.79 Å². The van der Waals surface area contributed by atoms with Crippen molar-refractivity contribution in [2.24, 2.45) is 11.8 Å². The van der Waals surface area contributed by atoms with Crippen LogP contribution in [0.2, 0.25) is 5.02 Å². The zero-order valence-electron chi connectivity index (χ0n) is 13.8. The van der Waals surface area contributed by atoms with E-state index in [2.05, 4.69) is 24.1 Å². The van der Waals surface area contributed by atoms with Gasteiger partial charge in [-0.15, -0.1) is 0 Å². The molecular weight excluding hydrogens is 310 g/mol. The molecule has 1 saturated heterocycles. The van der Waals surface area contributed by atoms with E-state index in [-0.39, 0.29) is 5.57 Å². The molecule has 4 nitrogen and oxygen atoms in total. The molecule has 2 unspecified atom stereocenters. The number of carbonyl (C=O) groups excluding carboxylic acids is 1. The van der Waals surface area contributed by atoms with Gasteiger partial charge in [0.1, 0.15) is 11.6 Å². The number of nitrogens with one attached hydrogen (secondary N) is 1. The second-order valence-corrected chi connectivity index (χ2v) is 6.90. The van der Waals surface area contributed by atoms with Gasteiger partial charge in [-0.1, -0.05) is 31.5 Å². The molecular formula is C18H22ClN3O. The summed E-state index contributed by atoms with van der Waals surface area (Å²) in [4.78, 5) is 14.4. The van der Waals surface area contributed by atoms with Gasteiger partial charge in [0.25, 0.3) is 5.91 Å². The minimum absolute atomic E-state index is 0.116. The highest BCUT2D eigenvalue weighted by molar-refractivity contribution is 6.31. The second kappa shape index (κ2) is 7.52. The maximum absolute atomic E-state index is 12.4. The quantitative estimate of drug-likeness (QED) is 0.673. The molecule has 2 atom stereocenters. The van der Waals surface area contributed by atoms with Crippen LogP contribution in [-0.2, 0) is 4.79 Å². The molecule has 5 heteroatoms. The number of hydrogen-bond acceptors (Lipinski definition) is 3. The molecule has 1 fully saturated rings. The third-order valence-electron chi connectivity index (χ3n) is 4.02. The highest BCUT2D eigenvalue weighted by atomic mass is 35.5. The maximum Gasteiger partial charge on any atom is 0.267 e. The number of hydrogen-bond donors (Lipinski definition) is 1. The van der Waals surface area contributed by atoms with E-state index < -0.39 is 5.91 Å². The molecule has 0 bridgehead atoms. The standard InChI is InChI=1S/C18H22ClN3O/c1-12-6-13(2)10-22(9-12)11-15(8-20)18(23)21-17-7-16(19)5-4-14(17)3/h4-5,7,11-13H,6,9-10H2,1-3H3,(H,21,23)/b15-11-. The van der Waals surface area contributed by atoms with Crippen LogP contribution in [0.1, 0.15) is 25.8 Å². The van der Waals surface area contributed by atoms with Crippen LogP contribution in [0.3, 0.4) is 0 Å². The van der Waals surface area contributed by atoms with Gasteiger partial charge >= 0.3 is 0 Å². The molecule has 1 aliphatic rings. The molecule has 0 spiro atoms. The van der Waals surface area contributed by atoms with Gasteiger partial charge in [-0.05, 0) is 42.9 Å². The average Bonchev–Trinajstić information content (AvgIpc) is 2.47. The van der Waals surface area contributed by atoms with Crippen molar-refractivity contribution in [1.29, 1.82) is 5.26 Å². The van der Waals surface area contributed by atoms with Crippen LogP contribution in [-0.4, -0.2) is 23.9 Å². The zero-order chi connectivity index (χ0) is 17.0. The lowest BCUT2D eigenvalue weighted by Crippen LogP contribution is -2.35. The van der Waals surface area contributed by atoms with Crippen molar-refractivity contribution in [3.63, 3.8) is 0 Å². The Labute approximate surface area is 142 Å². The fourth-order valence-corrected chi connectivity index (χ4v) is 3.23. The first kappa shape index (κ1) is 17.4. The molecule has 1 amide bonds. The van der Waals surface area contributed by atoms with Gasteiger partial charge in [0.15, 0.2) is 0 Å². The Balaban J connectivity index is 2.14. The predicted octanol–water partition coefficient (Wildman–Crippen LogP) is 3.97. The Morgan fingerprint density at radius 2 is 2.04 bits per heavy atom. The molecule has 2 rings (SSSR count). The number of likely N-dealkylation sites (tertiary alicyclic amines) is 1. The van der Waals surface area contributed by atoms with Gasteiger partial charge in [-0.2, -0.15) is 5.26 Å². The van der Waals surface area contributed by atoms with Crippen molar-refractivity contribution in [3.05, 3.63) is 40.6 Å². The lowest BCUT2D eigenvalue weighted by Gasteiger charge is -2.34. The summed E-state index contributed by atoms with van der Waals surface area (Å²) >= 11 is 5.96. The van der Waals surface area contributed by atoms with E-state index >= 15 is 0 Å². The van der Waals surface area contributed by atoms with Gasteiger partial charge < -0.3 is 10.2 Å². The fraction of sp³-hybridized carbons (Fsp3) is 0.444. The van der Waals surface area contributed by atoms with Crippen molar-refractivity contribution in [2.45, 2.75) is 27.2 Å². The molecule has 1 aliphatic heterocycles. The van der Waals surface area contributed by atoms with E-state index in [0.29, 0.717) is 22.5 Å². The summed E-state index contributed by atoms with van der Waals surface area (Å²) < 4.78 is 0. The van der Waals surface area contributed by atoms with Crippen LogP contribution >= 0.6 is 11.6 Å². The molecule has 1 aromatic carbocycles. The van der Waals surface area contributed by atoms with Crippen molar-refractivity contribution in [2.75, 3.05) is 18.4 Å². The van der Waals surface area contributed by atoms with E-state index in [1.165, 1.54) is 6.42 Å². The van der Waals surface area contributed by atoms with E-state index in [1.54, 1.807) is 18.3 Å². The average molecular weight is 332 g/mol. The van der Waals surface area contributed by atoms with Gasteiger partial charge in [-0.25, -0.2) is 0 Å². The number of anilines is 1. The number of carbonyl (C=O) groups is 1. The largest absolute Gasteiger partial charge is 0.376 e. The number of halogens is 1. The Hall–Kier alpha value is -1.99. The molecule has 122 valence electrons. The summed E-state index contributed by atoms with van der Waals surface area (Å²) in [5.41, 5.74) is 1.65. The number of piperidine rings is 1. The van der Waals surface area contributed by atoms with Crippen LogP contribution in [0.25, 0.3) is 0 Å². The van der Waals surface area contributed by atoms with Crippen LogP contribution in [0.5, 0.6) is 0 Å². The number of nitriles is 1. The highest BCUT2D eigenvalue weighted by Gasteiger charge is 2.21.